The zero-order valence-electron chi connectivity index (χ0n) is 7.21. The Kier molecular flexibility index (Phi) is 4.32. The van der Waals surface area contributed by atoms with Gasteiger partial charge in [-0.25, -0.2) is 0 Å². The van der Waals surface area contributed by atoms with E-state index in [2.05, 4.69) is 17.5 Å². The molecule has 0 amide bonds. The Morgan fingerprint density at radius 2 is 2.42 bits per heavy atom. The molecule has 3 nitrogen and oxygen atoms in total. The average molecular weight is 188 g/mol. The van der Waals surface area contributed by atoms with Gasteiger partial charge < -0.3 is 15.8 Å². The summed E-state index contributed by atoms with van der Waals surface area (Å²) in [7, 11) is 0. The predicted molar refractivity (Wildman–Crippen MR) is 53.0 cm³/mol. The number of hydrogen-bond donors (Lipinski definition) is 2. The van der Waals surface area contributed by atoms with E-state index in [4.69, 9.17) is 10.5 Å². The topological polar surface area (TPSA) is 47.3 Å². The van der Waals surface area contributed by atoms with Gasteiger partial charge in [-0.15, -0.1) is 0 Å². The molecule has 0 radical (unpaired) electrons. The summed E-state index contributed by atoms with van der Waals surface area (Å²) in [6.45, 7) is 1.75. The van der Waals surface area contributed by atoms with E-state index >= 15 is 0 Å². The number of rotatable bonds is 3. The van der Waals surface area contributed by atoms with E-state index in [1.54, 1.807) is 0 Å². The van der Waals surface area contributed by atoms with Crippen LogP contribution in [0.1, 0.15) is 25.7 Å². The van der Waals surface area contributed by atoms with Gasteiger partial charge in [0.2, 0.25) is 0 Å². The molecule has 1 unspecified atom stereocenters. The van der Waals surface area contributed by atoms with Gasteiger partial charge in [0.05, 0.1) is 6.10 Å². The smallest absolute Gasteiger partial charge is 0.163 e. The van der Waals surface area contributed by atoms with Gasteiger partial charge in [-0.2, -0.15) is 0 Å². The molecule has 0 spiro atoms. The van der Waals surface area contributed by atoms with Crippen LogP contribution in [0.3, 0.4) is 0 Å². The van der Waals surface area contributed by atoms with Gasteiger partial charge >= 0.3 is 0 Å². The Bertz CT molecular complexity index is 146. The summed E-state index contributed by atoms with van der Waals surface area (Å²) in [5.41, 5.74) is 5.29. The quantitative estimate of drug-likeness (QED) is 0.643. The number of hydrogen-bond acceptors (Lipinski definition) is 2. The molecule has 70 valence electrons. The van der Waals surface area contributed by atoms with Crippen LogP contribution in [0.4, 0.5) is 0 Å². The fourth-order valence-electron chi connectivity index (χ4n) is 1.39. The molecule has 1 heterocycles. The lowest BCUT2D eigenvalue weighted by molar-refractivity contribution is 0.0122. The van der Waals surface area contributed by atoms with Crippen molar-refractivity contribution in [3.8, 4) is 0 Å². The van der Waals surface area contributed by atoms with Gasteiger partial charge in [-0.1, -0.05) is 0 Å². The van der Waals surface area contributed by atoms with Crippen molar-refractivity contribution >= 4 is 17.3 Å². The van der Waals surface area contributed by atoms with Crippen molar-refractivity contribution in [3.63, 3.8) is 0 Å². The first-order valence-electron chi connectivity index (χ1n) is 4.44. The van der Waals surface area contributed by atoms with Crippen molar-refractivity contribution in [2.24, 2.45) is 5.73 Å². The van der Waals surface area contributed by atoms with Gasteiger partial charge in [0.1, 0.15) is 0 Å². The van der Waals surface area contributed by atoms with Crippen LogP contribution < -0.4 is 11.1 Å². The van der Waals surface area contributed by atoms with Gasteiger partial charge in [-0.3, -0.25) is 0 Å². The second-order valence-corrected chi connectivity index (χ2v) is 3.51. The van der Waals surface area contributed by atoms with E-state index in [-0.39, 0.29) is 0 Å². The van der Waals surface area contributed by atoms with E-state index in [1.165, 1.54) is 19.3 Å². The van der Waals surface area contributed by atoms with E-state index in [0.29, 0.717) is 11.2 Å². The zero-order valence-corrected chi connectivity index (χ0v) is 8.03. The lowest BCUT2D eigenvalue weighted by Gasteiger charge is -2.22. The minimum absolute atomic E-state index is 0.380. The zero-order chi connectivity index (χ0) is 8.81. The Morgan fingerprint density at radius 3 is 3.00 bits per heavy atom. The molecule has 3 N–H and O–H groups in total. The Morgan fingerprint density at radius 1 is 1.58 bits per heavy atom. The minimum atomic E-state index is 0.380. The monoisotopic (exact) mass is 188 g/mol. The summed E-state index contributed by atoms with van der Waals surface area (Å²) in [5, 5.41) is 3.30. The first-order valence-corrected chi connectivity index (χ1v) is 4.85. The predicted octanol–water partition coefficient (Wildman–Crippen LogP) is 0.779. The largest absolute Gasteiger partial charge is 0.378 e. The first-order chi connectivity index (χ1) is 5.79. The summed E-state index contributed by atoms with van der Waals surface area (Å²) >= 11 is 4.69. The molecule has 1 aliphatic rings. The molecule has 0 aromatic carbocycles. The molecular weight excluding hydrogens is 172 g/mol. The Balaban J connectivity index is 2.01. The Labute approximate surface area is 78.7 Å². The van der Waals surface area contributed by atoms with Crippen LogP contribution in [0.5, 0.6) is 0 Å². The van der Waals surface area contributed by atoms with Crippen molar-refractivity contribution in [2.45, 2.75) is 31.8 Å². The van der Waals surface area contributed by atoms with Gasteiger partial charge in [0.25, 0.3) is 0 Å². The van der Waals surface area contributed by atoms with E-state index < -0.39 is 0 Å². The molecule has 1 atom stereocenters. The molecular formula is C8H16N2OS. The molecule has 0 aromatic rings. The van der Waals surface area contributed by atoms with Gasteiger partial charge in [-0.05, 0) is 37.9 Å². The van der Waals surface area contributed by atoms with Crippen molar-refractivity contribution in [3.05, 3.63) is 0 Å². The number of nitrogens with one attached hydrogen (secondary N) is 1. The molecule has 0 bridgehead atoms. The van der Waals surface area contributed by atoms with Gasteiger partial charge in [0.15, 0.2) is 5.11 Å². The highest BCUT2D eigenvalue weighted by molar-refractivity contribution is 7.80. The molecule has 0 saturated carbocycles. The van der Waals surface area contributed by atoms with Gasteiger partial charge in [0, 0.05) is 13.2 Å². The van der Waals surface area contributed by atoms with Crippen molar-refractivity contribution in [1.29, 1.82) is 0 Å². The third-order valence-electron chi connectivity index (χ3n) is 2.04. The third-order valence-corrected chi connectivity index (χ3v) is 2.18. The minimum Gasteiger partial charge on any atom is -0.378 e. The van der Waals surface area contributed by atoms with E-state index in [1.807, 2.05) is 0 Å². The normalized spacial score (nSPS) is 23.5. The molecule has 1 aliphatic heterocycles. The fraction of sp³-hybridized carbons (Fsp3) is 0.875. The molecule has 0 aromatic heterocycles. The molecule has 1 rings (SSSR count). The lowest BCUT2D eigenvalue weighted by atomic mass is 10.1. The van der Waals surface area contributed by atoms with E-state index in [0.717, 1.165) is 19.6 Å². The van der Waals surface area contributed by atoms with Crippen LogP contribution in [-0.4, -0.2) is 24.4 Å². The van der Waals surface area contributed by atoms with Crippen LogP contribution >= 0.6 is 12.2 Å². The third kappa shape index (κ3) is 3.88. The molecule has 1 saturated heterocycles. The summed E-state index contributed by atoms with van der Waals surface area (Å²) < 4.78 is 5.54. The summed E-state index contributed by atoms with van der Waals surface area (Å²) in [6, 6.07) is 0. The average Bonchev–Trinajstić information content (AvgIpc) is 2.05. The van der Waals surface area contributed by atoms with Crippen LogP contribution in [0, 0.1) is 0 Å². The number of ether oxygens (including phenoxy) is 1. The molecule has 0 aliphatic carbocycles. The van der Waals surface area contributed by atoms with Crippen molar-refractivity contribution in [1.82, 2.24) is 5.32 Å². The number of nitrogens with two attached hydrogens (primary N) is 1. The van der Waals surface area contributed by atoms with E-state index in [9.17, 15) is 0 Å². The standard InChI is InChI=1S/C8H16N2OS/c9-8(12)10-5-4-7-3-1-2-6-11-7/h7H,1-6H2,(H3,9,10,12). The fourth-order valence-corrected chi connectivity index (χ4v) is 1.49. The highest BCUT2D eigenvalue weighted by Crippen LogP contribution is 2.14. The maximum absolute atomic E-state index is 5.54. The maximum Gasteiger partial charge on any atom is 0.163 e. The van der Waals surface area contributed by atoms with Crippen molar-refractivity contribution in [2.75, 3.05) is 13.2 Å². The summed E-state index contributed by atoms with van der Waals surface area (Å²) in [5.74, 6) is 0. The van der Waals surface area contributed by atoms with Crippen LogP contribution in [0.2, 0.25) is 0 Å². The maximum atomic E-state index is 5.54. The first kappa shape index (κ1) is 9.74. The highest BCUT2D eigenvalue weighted by Gasteiger charge is 2.12. The Hall–Kier alpha value is -0.350. The molecule has 12 heavy (non-hydrogen) atoms. The van der Waals surface area contributed by atoms with Crippen LogP contribution in [0.25, 0.3) is 0 Å². The summed E-state index contributed by atoms with van der Waals surface area (Å²) in [4.78, 5) is 0. The highest BCUT2D eigenvalue weighted by atomic mass is 32.1. The van der Waals surface area contributed by atoms with Crippen LogP contribution in [-0.2, 0) is 4.74 Å². The molecule has 1 fully saturated rings. The lowest BCUT2D eigenvalue weighted by Crippen LogP contribution is -2.32. The second kappa shape index (κ2) is 5.32. The SMILES string of the molecule is NC(=S)NCCC1CCCCO1. The summed E-state index contributed by atoms with van der Waals surface area (Å²) in [6.07, 6.45) is 5.11. The second-order valence-electron chi connectivity index (χ2n) is 3.07. The van der Waals surface area contributed by atoms with Crippen LogP contribution in [0.15, 0.2) is 0 Å². The van der Waals surface area contributed by atoms with Crippen molar-refractivity contribution < 1.29 is 4.74 Å². The number of thiocarbonyl (C=S) groups is 1. The molecule has 4 heteroatoms.